The number of benzene rings is 3. The summed E-state index contributed by atoms with van der Waals surface area (Å²) in [7, 11) is 0. The van der Waals surface area contributed by atoms with E-state index in [1.165, 1.54) is 0 Å². The van der Waals surface area contributed by atoms with Crippen molar-refractivity contribution in [1.82, 2.24) is 9.55 Å². The number of carbonyl (C=O) groups is 1. The zero-order valence-corrected chi connectivity index (χ0v) is 17.3. The third-order valence-corrected chi connectivity index (χ3v) is 5.33. The highest BCUT2D eigenvalue weighted by Crippen LogP contribution is 2.26. The van der Waals surface area contributed by atoms with Crippen molar-refractivity contribution in [2.45, 2.75) is 20.4 Å². The molecule has 0 saturated heterocycles. The number of amides is 1. The van der Waals surface area contributed by atoms with Crippen LogP contribution in [-0.4, -0.2) is 15.5 Å². The smallest absolute Gasteiger partial charge is 0.244 e. The topological polar surface area (TPSA) is 46.9 Å². The monoisotopic (exact) mass is 433 g/mol. The Morgan fingerprint density at radius 1 is 0.964 bits per heavy atom. The summed E-state index contributed by atoms with van der Waals surface area (Å²) < 4.78 is 2.98. The molecule has 0 aliphatic heterocycles. The lowest BCUT2D eigenvalue weighted by Gasteiger charge is -2.13. The van der Waals surface area contributed by atoms with Crippen LogP contribution in [0.2, 0.25) is 0 Å². The number of para-hydroxylation sites is 3. The molecule has 3 aromatic carbocycles. The molecule has 0 spiro atoms. The minimum Gasteiger partial charge on any atom is -0.324 e. The van der Waals surface area contributed by atoms with Crippen LogP contribution < -0.4 is 5.32 Å². The van der Waals surface area contributed by atoms with Gasteiger partial charge < -0.3 is 9.88 Å². The summed E-state index contributed by atoms with van der Waals surface area (Å²) in [5, 5.41) is 3.07. The van der Waals surface area contributed by atoms with Gasteiger partial charge in [-0.15, -0.1) is 0 Å². The second-order valence-electron chi connectivity index (χ2n) is 6.83. The third-order valence-electron chi connectivity index (χ3n) is 4.80. The number of fused-ring (bicyclic) bond motifs is 1. The lowest BCUT2D eigenvalue weighted by Crippen LogP contribution is -2.20. The van der Waals surface area contributed by atoms with Crippen molar-refractivity contribution in [2.24, 2.45) is 0 Å². The molecule has 0 aliphatic rings. The normalized spacial score (nSPS) is 11.0. The van der Waals surface area contributed by atoms with E-state index >= 15 is 0 Å². The Morgan fingerprint density at radius 3 is 2.36 bits per heavy atom. The van der Waals surface area contributed by atoms with Crippen LogP contribution in [0.3, 0.4) is 0 Å². The minimum atomic E-state index is -0.0704. The molecule has 28 heavy (non-hydrogen) atoms. The predicted molar refractivity (Wildman–Crippen MR) is 117 cm³/mol. The fraction of sp³-hybridized carbons (Fsp3) is 0.130. The number of nitrogens with one attached hydrogen (secondary N) is 1. The van der Waals surface area contributed by atoms with Crippen LogP contribution in [-0.2, 0) is 11.3 Å². The van der Waals surface area contributed by atoms with Crippen molar-refractivity contribution in [3.63, 3.8) is 0 Å². The largest absolute Gasteiger partial charge is 0.324 e. The van der Waals surface area contributed by atoms with E-state index in [1.807, 2.05) is 85.1 Å². The summed E-state index contributed by atoms with van der Waals surface area (Å²) in [6.07, 6.45) is 0. The van der Waals surface area contributed by atoms with Gasteiger partial charge in [-0.3, -0.25) is 4.79 Å². The molecular formula is C23H20BrN3O. The number of aromatic nitrogens is 2. The summed E-state index contributed by atoms with van der Waals surface area (Å²) in [5.74, 6) is 0.712. The van der Waals surface area contributed by atoms with Crippen LogP contribution >= 0.6 is 15.9 Å². The first-order valence-corrected chi connectivity index (χ1v) is 9.89. The highest BCUT2D eigenvalue weighted by molar-refractivity contribution is 9.10. The maximum Gasteiger partial charge on any atom is 0.244 e. The second kappa shape index (κ2) is 7.60. The molecule has 0 unspecified atom stereocenters. The number of anilines is 1. The molecule has 1 aromatic heterocycles. The van der Waals surface area contributed by atoms with Crippen LogP contribution in [0.15, 0.2) is 71.2 Å². The maximum atomic E-state index is 12.9. The van der Waals surface area contributed by atoms with Crippen LogP contribution in [0, 0.1) is 13.8 Å². The molecule has 0 aliphatic carbocycles. The average Bonchev–Trinajstić information content (AvgIpc) is 3.04. The van der Waals surface area contributed by atoms with Gasteiger partial charge in [0.15, 0.2) is 0 Å². The molecule has 0 saturated carbocycles. The van der Waals surface area contributed by atoms with Crippen LogP contribution in [0.1, 0.15) is 11.1 Å². The zero-order chi connectivity index (χ0) is 19.7. The number of aryl methyl sites for hydroxylation is 2. The van der Waals surface area contributed by atoms with E-state index < -0.39 is 0 Å². The van der Waals surface area contributed by atoms with Crippen LogP contribution in [0.25, 0.3) is 22.4 Å². The van der Waals surface area contributed by atoms with Gasteiger partial charge >= 0.3 is 0 Å². The van der Waals surface area contributed by atoms with Gasteiger partial charge in [0.05, 0.1) is 11.0 Å². The summed E-state index contributed by atoms with van der Waals surface area (Å²) >= 11 is 3.47. The second-order valence-corrected chi connectivity index (χ2v) is 7.75. The first-order chi connectivity index (χ1) is 13.5. The van der Waals surface area contributed by atoms with E-state index in [2.05, 4.69) is 21.2 Å². The Hall–Kier alpha value is -2.92. The van der Waals surface area contributed by atoms with Gasteiger partial charge in [0.25, 0.3) is 0 Å². The average molecular weight is 434 g/mol. The Bertz CT molecular complexity index is 1140. The highest BCUT2D eigenvalue weighted by atomic mass is 79.9. The zero-order valence-electron chi connectivity index (χ0n) is 15.7. The van der Waals surface area contributed by atoms with Crippen LogP contribution in [0.4, 0.5) is 5.69 Å². The standard InChI is InChI=1S/C23H20BrN3O/c1-15-6-5-7-16(2)22(15)26-21(28)14-27-20-9-4-3-8-19(20)25-23(27)17-10-12-18(24)13-11-17/h3-13H,14H2,1-2H3,(H,26,28). The molecule has 1 heterocycles. The summed E-state index contributed by atoms with van der Waals surface area (Å²) in [5.41, 5.74) is 5.77. The summed E-state index contributed by atoms with van der Waals surface area (Å²) in [4.78, 5) is 17.7. The van der Waals surface area contributed by atoms with Gasteiger partial charge in [-0.1, -0.05) is 58.4 Å². The van der Waals surface area contributed by atoms with Crippen molar-refractivity contribution < 1.29 is 4.79 Å². The van der Waals surface area contributed by atoms with Crippen molar-refractivity contribution in [2.75, 3.05) is 5.32 Å². The van der Waals surface area contributed by atoms with E-state index in [-0.39, 0.29) is 12.5 Å². The fourth-order valence-electron chi connectivity index (χ4n) is 3.39. The van der Waals surface area contributed by atoms with Gasteiger partial charge in [-0.2, -0.15) is 0 Å². The number of rotatable bonds is 4. The van der Waals surface area contributed by atoms with E-state index in [0.717, 1.165) is 43.7 Å². The summed E-state index contributed by atoms with van der Waals surface area (Å²) in [6, 6.07) is 21.9. The Morgan fingerprint density at radius 2 is 1.64 bits per heavy atom. The third kappa shape index (κ3) is 3.58. The number of halogens is 1. The van der Waals surface area contributed by atoms with Gasteiger partial charge in [0, 0.05) is 15.7 Å². The molecule has 140 valence electrons. The number of carbonyl (C=O) groups excluding carboxylic acids is 1. The number of hydrogen-bond acceptors (Lipinski definition) is 2. The van der Waals surface area contributed by atoms with Crippen molar-refractivity contribution in [3.8, 4) is 11.4 Å². The van der Waals surface area contributed by atoms with E-state index in [1.54, 1.807) is 0 Å². The molecule has 0 bridgehead atoms. The first-order valence-electron chi connectivity index (χ1n) is 9.10. The molecular weight excluding hydrogens is 414 g/mol. The van der Waals surface area contributed by atoms with Crippen molar-refractivity contribution in [3.05, 3.63) is 82.3 Å². The quantitative estimate of drug-likeness (QED) is 0.447. The maximum absolute atomic E-state index is 12.9. The number of nitrogens with zero attached hydrogens (tertiary/aromatic N) is 2. The van der Waals surface area contributed by atoms with E-state index in [4.69, 9.17) is 4.98 Å². The molecule has 5 heteroatoms. The Kier molecular flexibility index (Phi) is 5.01. The minimum absolute atomic E-state index is 0.0704. The molecule has 0 radical (unpaired) electrons. The molecule has 0 atom stereocenters. The Labute approximate surface area is 172 Å². The predicted octanol–water partition coefficient (Wildman–Crippen LogP) is 5.72. The van der Waals surface area contributed by atoms with Crippen molar-refractivity contribution >= 4 is 38.6 Å². The highest BCUT2D eigenvalue weighted by Gasteiger charge is 2.16. The fourth-order valence-corrected chi connectivity index (χ4v) is 3.65. The molecule has 4 rings (SSSR count). The lowest BCUT2D eigenvalue weighted by atomic mass is 10.1. The molecule has 1 amide bonds. The number of imidazole rings is 1. The molecule has 0 fully saturated rings. The molecule has 4 aromatic rings. The SMILES string of the molecule is Cc1cccc(C)c1NC(=O)Cn1c(-c2ccc(Br)cc2)nc2ccccc21. The van der Waals surface area contributed by atoms with Gasteiger partial charge in [0.1, 0.15) is 12.4 Å². The van der Waals surface area contributed by atoms with Crippen molar-refractivity contribution in [1.29, 1.82) is 0 Å². The molecule has 1 N–H and O–H groups in total. The van der Waals surface area contributed by atoms with Gasteiger partial charge in [-0.05, 0) is 49.2 Å². The Balaban J connectivity index is 1.72. The number of hydrogen-bond donors (Lipinski definition) is 1. The van der Waals surface area contributed by atoms with Gasteiger partial charge in [-0.25, -0.2) is 4.98 Å². The molecule has 4 nitrogen and oxygen atoms in total. The van der Waals surface area contributed by atoms with Crippen LogP contribution in [0.5, 0.6) is 0 Å². The van der Waals surface area contributed by atoms with E-state index in [9.17, 15) is 4.79 Å². The van der Waals surface area contributed by atoms with Gasteiger partial charge in [0.2, 0.25) is 5.91 Å². The van der Waals surface area contributed by atoms with E-state index in [0.29, 0.717) is 0 Å². The lowest BCUT2D eigenvalue weighted by molar-refractivity contribution is -0.116. The first kappa shape index (κ1) is 18.4. The summed E-state index contributed by atoms with van der Waals surface area (Å²) in [6.45, 7) is 4.20.